The fourth-order valence-electron chi connectivity index (χ4n) is 1.48. The molecule has 0 saturated carbocycles. The first kappa shape index (κ1) is 12.6. The number of para-hydroxylation sites is 1. The van der Waals surface area contributed by atoms with Crippen molar-refractivity contribution in [3.8, 4) is 12.3 Å². The topological polar surface area (TPSA) is 54.0 Å². The van der Waals surface area contributed by atoms with Crippen LogP contribution in [-0.2, 0) is 11.3 Å². The summed E-state index contributed by atoms with van der Waals surface area (Å²) in [5.74, 6) is 2.33. The summed E-state index contributed by atoms with van der Waals surface area (Å²) in [5.41, 5.74) is 0.970. The number of nitrogens with one attached hydrogen (secondary N) is 2. The van der Waals surface area contributed by atoms with Crippen molar-refractivity contribution in [2.75, 3.05) is 13.1 Å². The Morgan fingerprint density at radius 1 is 1.44 bits per heavy atom. The first-order chi connectivity index (χ1) is 8.79. The lowest BCUT2D eigenvalue weighted by molar-refractivity contribution is -0.120. The maximum Gasteiger partial charge on any atom is 0.234 e. The number of hydrogen-bond acceptors (Lipinski definition) is 4. The quantitative estimate of drug-likeness (QED) is 0.625. The molecule has 0 aliphatic rings. The molecule has 2 N–H and O–H groups in total. The predicted molar refractivity (Wildman–Crippen MR) is 73.2 cm³/mol. The van der Waals surface area contributed by atoms with Gasteiger partial charge in [-0.05, 0) is 12.1 Å². The molecule has 0 aliphatic heterocycles. The lowest BCUT2D eigenvalue weighted by Gasteiger charge is -2.02. The number of terminal acetylenes is 1. The molecule has 92 valence electrons. The zero-order valence-electron chi connectivity index (χ0n) is 9.77. The average molecular weight is 259 g/mol. The van der Waals surface area contributed by atoms with Crippen molar-refractivity contribution in [1.29, 1.82) is 0 Å². The molecule has 2 rings (SSSR count). The summed E-state index contributed by atoms with van der Waals surface area (Å²) in [6, 6.07) is 7.92. The predicted octanol–water partition coefficient (Wildman–Crippen LogP) is 1.14. The normalized spacial score (nSPS) is 10.2. The highest BCUT2D eigenvalue weighted by Crippen LogP contribution is 2.21. The zero-order chi connectivity index (χ0) is 12.8. The van der Waals surface area contributed by atoms with Gasteiger partial charge in [0, 0.05) is 0 Å². The highest BCUT2D eigenvalue weighted by molar-refractivity contribution is 7.18. The van der Waals surface area contributed by atoms with E-state index >= 15 is 0 Å². The molecule has 2 aromatic rings. The molecule has 0 atom stereocenters. The highest BCUT2D eigenvalue weighted by atomic mass is 32.1. The third-order valence-electron chi connectivity index (χ3n) is 2.29. The van der Waals surface area contributed by atoms with Gasteiger partial charge in [-0.25, -0.2) is 4.98 Å². The SMILES string of the molecule is C#CCNCC(=O)NCc1nc2ccccc2s1. The minimum absolute atomic E-state index is 0.0792. The van der Waals surface area contributed by atoms with Crippen molar-refractivity contribution in [3.05, 3.63) is 29.3 Å². The Morgan fingerprint density at radius 3 is 3.06 bits per heavy atom. The van der Waals surface area contributed by atoms with Crippen molar-refractivity contribution in [3.63, 3.8) is 0 Å². The van der Waals surface area contributed by atoms with E-state index < -0.39 is 0 Å². The zero-order valence-corrected chi connectivity index (χ0v) is 10.6. The molecule has 1 aromatic carbocycles. The summed E-state index contributed by atoms with van der Waals surface area (Å²) in [5, 5.41) is 6.53. The average Bonchev–Trinajstić information content (AvgIpc) is 2.79. The first-order valence-electron chi connectivity index (χ1n) is 5.55. The van der Waals surface area contributed by atoms with E-state index in [-0.39, 0.29) is 12.5 Å². The van der Waals surface area contributed by atoms with Crippen molar-refractivity contribution in [1.82, 2.24) is 15.6 Å². The second-order valence-electron chi connectivity index (χ2n) is 3.66. The van der Waals surface area contributed by atoms with Crippen LogP contribution >= 0.6 is 11.3 Å². The number of nitrogens with zero attached hydrogens (tertiary/aromatic N) is 1. The molecule has 18 heavy (non-hydrogen) atoms. The Balaban J connectivity index is 1.86. The molecule has 0 saturated heterocycles. The fraction of sp³-hybridized carbons (Fsp3) is 0.231. The number of carbonyl (C=O) groups is 1. The lowest BCUT2D eigenvalue weighted by Crippen LogP contribution is -2.33. The number of carbonyl (C=O) groups excluding carboxylic acids is 1. The van der Waals surface area contributed by atoms with E-state index in [0.29, 0.717) is 13.1 Å². The third-order valence-corrected chi connectivity index (χ3v) is 3.32. The number of benzene rings is 1. The van der Waals surface area contributed by atoms with Crippen LogP contribution in [0.4, 0.5) is 0 Å². The van der Waals surface area contributed by atoms with Gasteiger partial charge in [0.25, 0.3) is 0 Å². The van der Waals surface area contributed by atoms with Crippen LogP contribution in [0.15, 0.2) is 24.3 Å². The van der Waals surface area contributed by atoms with E-state index in [0.717, 1.165) is 15.2 Å². The van der Waals surface area contributed by atoms with Crippen LogP contribution in [0.1, 0.15) is 5.01 Å². The van der Waals surface area contributed by atoms with Crippen LogP contribution in [0, 0.1) is 12.3 Å². The van der Waals surface area contributed by atoms with E-state index in [1.807, 2.05) is 24.3 Å². The van der Waals surface area contributed by atoms with E-state index in [9.17, 15) is 4.79 Å². The van der Waals surface area contributed by atoms with Crippen molar-refractivity contribution >= 4 is 27.5 Å². The molecule has 1 aromatic heterocycles. The molecule has 0 aliphatic carbocycles. The van der Waals surface area contributed by atoms with Gasteiger partial charge >= 0.3 is 0 Å². The van der Waals surface area contributed by atoms with E-state index in [2.05, 4.69) is 21.5 Å². The number of thiazole rings is 1. The summed E-state index contributed by atoms with van der Waals surface area (Å²) in [6.07, 6.45) is 5.07. The molecule has 0 radical (unpaired) electrons. The summed E-state index contributed by atoms with van der Waals surface area (Å²) in [4.78, 5) is 15.9. The number of hydrogen-bond donors (Lipinski definition) is 2. The minimum atomic E-state index is -0.0792. The lowest BCUT2D eigenvalue weighted by atomic mass is 10.3. The van der Waals surface area contributed by atoms with Crippen LogP contribution in [0.3, 0.4) is 0 Å². The molecule has 0 spiro atoms. The molecule has 1 heterocycles. The number of fused-ring (bicyclic) bond motifs is 1. The van der Waals surface area contributed by atoms with Crippen LogP contribution in [0.2, 0.25) is 0 Å². The van der Waals surface area contributed by atoms with E-state index in [1.54, 1.807) is 11.3 Å². The Labute approximate surface area is 109 Å². The van der Waals surface area contributed by atoms with Gasteiger partial charge in [-0.15, -0.1) is 17.8 Å². The molecule has 0 unspecified atom stereocenters. The number of aromatic nitrogens is 1. The summed E-state index contributed by atoms with van der Waals surface area (Å²) >= 11 is 1.59. The van der Waals surface area contributed by atoms with Gasteiger partial charge < -0.3 is 5.32 Å². The fourth-order valence-corrected chi connectivity index (χ4v) is 2.39. The van der Waals surface area contributed by atoms with Gasteiger partial charge in [0.15, 0.2) is 0 Å². The van der Waals surface area contributed by atoms with Crippen LogP contribution in [0.5, 0.6) is 0 Å². The Kier molecular flexibility index (Phi) is 4.29. The van der Waals surface area contributed by atoms with Crippen molar-refractivity contribution in [2.45, 2.75) is 6.54 Å². The van der Waals surface area contributed by atoms with Crippen molar-refractivity contribution in [2.24, 2.45) is 0 Å². The standard InChI is InChI=1S/C13H13N3OS/c1-2-7-14-8-12(17)15-9-13-16-10-5-3-4-6-11(10)18-13/h1,3-6,14H,7-9H2,(H,15,17). The molecule has 0 fully saturated rings. The summed E-state index contributed by atoms with van der Waals surface area (Å²) in [6.45, 7) is 1.08. The molecule has 5 heteroatoms. The van der Waals surface area contributed by atoms with Crippen molar-refractivity contribution < 1.29 is 4.79 Å². The van der Waals surface area contributed by atoms with E-state index in [4.69, 9.17) is 6.42 Å². The summed E-state index contributed by atoms with van der Waals surface area (Å²) < 4.78 is 1.13. The third kappa shape index (κ3) is 3.29. The molecule has 1 amide bonds. The molecule has 4 nitrogen and oxygen atoms in total. The number of rotatable bonds is 5. The van der Waals surface area contributed by atoms with Gasteiger partial charge in [0.1, 0.15) is 5.01 Å². The monoisotopic (exact) mass is 259 g/mol. The Bertz CT molecular complexity index is 552. The Morgan fingerprint density at radius 2 is 2.28 bits per heavy atom. The number of amides is 1. The van der Waals surface area contributed by atoms with Gasteiger partial charge in [-0.2, -0.15) is 0 Å². The second kappa shape index (κ2) is 6.15. The van der Waals surface area contributed by atoms with Crippen LogP contribution in [-0.4, -0.2) is 24.0 Å². The smallest absolute Gasteiger partial charge is 0.234 e. The Hall–Kier alpha value is -1.90. The maximum atomic E-state index is 11.4. The highest BCUT2D eigenvalue weighted by Gasteiger charge is 2.05. The molecular weight excluding hydrogens is 246 g/mol. The van der Waals surface area contributed by atoms with Crippen LogP contribution in [0.25, 0.3) is 10.2 Å². The molecule has 0 bridgehead atoms. The van der Waals surface area contributed by atoms with Gasteiger partial charge in [-0.3, -0.25) is 10.1 Å². The maximum absolute atomic E-state index is 11.4. The van der Waals surface area contributed by atoms with Gasteiger partial charge in [0.2, 0.25) is 5.91 Å². The summed E-state index contributed by atoms with van der Waals surface area (Å²) in [7, 11) is 0. The molecular formula is C13H13N3OS. The van der Waals surface area contributed by atoms with Gasteiger partial charge in [0.05, 0.1) is 29.9 Å². The second-order valence-corrected chi connectivity index (χ2v) is 4.77. The largest absolute Gasteiger partial charge is 0.348 e. The first-order valence-corrected chi connectivity index (χ1v) is 6.36. The van der Waals surface area contributed by atoms with Crippen LogP contribution < -0.4 is 10.6 Å². The van der Waals surface area contributed by atoms with E-state index in [1.165, 1.54) is 0 Å². The van der Waals surface area contributed by atoms with Gasteiger partial charge in [-0.1, -0.05) is 18.1 Å². The minimum Gasteiger partial charge on any atom is -0.348 e.